The van der Waals surface area contributed by atoms with Crippen molar-refractivity contribution in [1.82, 2.24) is 0 Å². The number of benzene rings is 2. The van der Waals surface area contributed by atoms with E-state index in [4.69, 9.17) is 16.3 Å². The van der Waals surface area contributed by atoms with Crippen LogP contribution in [-0.4, -0.2) is 25.0 Å². The van der Waals surface area contributed by atoms with Crippen LogP contribution < -0.4 is 10.6 Å². The number of nitrogens with one attached hydrogen (secondary N) is 2. The van der Waals surface area contributed by atoms with Crippen LogP contribution in [0, 0.1) is 13.8 Å². The fourth-order valence-corrected chi connectivity index (χ4v) is 2.23. The van der Waals surface area contributed by atoms with Crippen molar-refractivity contribution in [3.63, 3.8) is 0 Å². The van der Waals surface area contributed by atoms with Gasteiger partial charge in [0.15, 0.2) is 6.61 Å². The van der Waals surface area contributed by atoms with Crippen molar-refractivity contribution in [3.05, 3.63) is 58.6 Å². The average molecular weight is 347 g/mol. The predicted octanol–water partition coefficient (Wildman–Crippen LogP) is 3.55. The smallest absolute Gasteiger partial charge is 0.325 e. The van der Waals surface area contributed by atoms with Crippen molar-refractivity contribution in [2.24, 2.45) is 0 Å². The molecule has 0 aliphatic heterocycles. The largest absolute Gasteiger partial charge is 0.454 e. The maximum Gasteiger partial charge on any atom is 0.325 e. The van der Waals surface area contributed by atoms with Gasteiger partial charge >= 0.3 is 5.97 Å². The van der Waals surface area contributed by atoms with Crippen LogP contribution in [0.25, 0.3) is 0 Å². The number of aryl methyl sites for hydroxylation is 1. The Morgan fingerprint density at radius 1 is 1.12 bits per heavy atom. The number of hydrogen-bond donors (Lipinski definition) is 2. The molecule has 126 valence electrons. The Labute approximate surface area is 146 Å². The summed E-state index contributed by atoms with van der Waals surface area (Å²) in [5.41, 5.74) is 3.49. The number of amides is 1. The molecule has 0 aliphatic rings. The lowest BCUT2D eigenvalue weighted by molar-refractivity contribution is -0.145. The zero-order valence-electron chi connectivity index (χ0n) is 13.6. The highest BCUT2D eigenvalue weighted by molar-refractivity contribution is 6.30. The molecule has 1 amide bonds. The van der Waals surface area contributed by atoms with E-state index in [1.807, 2.05) is 32.0 Å². The molecule has 0 saturated carbocycles. The first kappa shape index (κ1) is 17.8. The van der Waals surface area contributed by atoms with Crippen molar-refractivity contribution in [2.45, 2.75) is 13.8 Å². The van der Waals surface area contributed by atoms with Crippen molar-refractivity contribution < 1.29 is 14.3 Å². The number of esters is 1. The van der Waals surface area contributed by atoms with E-state index in [1.165, 1.54) is 0 Å². The Kier molecular flexibility index (Phi) is 6.21. The minimum atomic E-state index is -0.522. The molecule has 5 nitrogen and oxygen atoms in total. The van der Waals surface area contributed by atoms with E-state index in [2.05, 4.69) is 10.6 Å². The maximum absolute atomic E-state index is 11.9. The predicted molar refractivity (Wildman–Crippen MR) is 95.4 cm³/mol. The molecule has 24 heavy (non-hydrogen) atoms. The van der Waals surface area contributed by atoms with Gasteiger partial charge < -0.3 is 15.4 Å². The van der Waals surface area contributed by atoms with Gasteiger partial charge in [-0.1, -0.05) is 29.8 Å². The van der Waals surface area contributed by atoms with Gasteiger partial charge in [-0.2, -0.15) is 0 Å². The van der Waals surface area contributed by atoms with E-state index in [9.17, 15) is 9.59 Å². The average Bonchev–Trinajstić information content (AvgIpc) is 2.55. The van der Waals surface area contributed by atoms with Gasteiger partial charge in [0.1, 0.15) is 6.54 Å². The monoisotopic (exact) mass is 346 g/mol. The van der Waals surface area contributed by atoms with Gasteiger partial charge in [-0.25, -0.2) is 0 Å². The highest BCUT2D eigenvalue weighted by Crippen LogP contribution is 2.17. The fourth-order valence-electron chi connectivity index (χ4n) is 2.04. The zero-order chi connectivity index (χ0) is 17.5. The quantitative estimate of drug-likeness (QED) is 0.785. The molecule has 0 heterocycles. The molecule has 0 aliphatic carbocycles. The van der Waals surface area contributed by atoms with Crippen molar-refractivity contribution in [3.8, 4) is 0 Å². The first-order valence-electron chi connectivity index (χ1n) is 7.47. The van der Waals surface area contributed by atoms with E-state index < -0.39 is 5.97 Å². The summed E-state index contributed by atoms with van der Waals surface area (Å²) in [6.07, 6.45) is 0. The summed E-state index contributed by atoms with van der Waals surface area (Å²) < 4.78 is 4.95. The summed E-state index contributed by atoms with van der Waals surface area (Å²) in [7, 11) is 0. The molecule has 0 radical (unpaired) electrons. The van der Waals surface area contributed by atoms with E-state index in [1.54, 1.807) is 24.3 Å². The molecule has 2 N–H and O–H groups in total. The molecule has 2 aromatic carbocycles. The summed E-state index contributed by atoms with van der Waals surface area (Å²) in [5, 5.41) is 6.19. The van der Waals surface area contributed by atoms with Crippen molar-refractivity contribution in [2.75, 3.05) is 23.8 Å². The molecule has 0 atom stereocenters. The number of anilines is 2. The summed E-state index contributed by atoms with van der Waals surface area (Å²) in [6, 6.07) is 12.6. The van der Waals surface area contributed by atoms with Crippen LogP contribution in [0.1, 0.15) is 11.1 Å². The second kappa shape index (κ2) is 8.36. The van der Waals surface area contributed by atoms with E-state index >= 15 is 0 Å². The second-order valence-electron chi connectivity index (χ2n) is 5.32. The molecule has 0 bridgehead atoms. The molecule has 0 fully saturated rings. The van der Waals surface area contributed by atoms with Crippen molar-refractivity contribution >= 4 is 34.9 Å². The van der Waals surface area contributed by atoms with Crippen molar-refractivity contribution in [1.29, 1.82) is 0 Å². The van der Waals surface area contributed by atoms with Gasteiger partial charge in [0.25, 0.3) is 5.91 Å². The molecule has 0 unspecified atom stereocenters. The first-order chi connectivity index (χ1) is 11.5. The lowest BCUT2D eigenvalue weighted by atomic mass is 10.1. The zero-order valence-corrected chi connectivity index (χ0v) is 14.3. The van der Waals surface area contributed by atoms with Gasteiger partial charge in [-0.15, -0.1) is 0 Å². The molecular formula is C18H19ClN2O3. The Bertz CT molecular complexity index is 747. The van der Waals surface area contributed by atoms with Crippen LogP contribution in [0.3, 0.4) is 0 Å². The van der Waals surface area contributed by atoms with Crippen LogP contribution in [0.5, 0.6) is 0 Å². The lowest BCUT2D eigenvalue weighted by Crippen LogP contribution is -2.24. The second-order valence-corrected chi connectivity index (χ2v) is 5.76. The highest BCUT2D eigenvalue weighted by Gasteiger charge is 2.09. The summed E-state index contributed by atoms with van der Waals surface area (Å²) >= 11 is 5.85. The molecule has 6 heteroatoms. The molecule has 2 rings (SSSR count). The number of carbonyl (C=O) groups is 2. The van der Waals surface area contributed by atoms with Gasteiger partial charge in [0.05, 0.1) is 0 Å². The third-order valence-corrected chi connectivity index (χ3v) is 3.74. The third kappa shape index (κ3) is 5.28. The fraction of sp³-hybridized carbons (Fsp3) is 0.222. The maximum atomic E-state index is 11.9. The van der Waals surface area contributed by atoms with E-state index in [0.29, 0.717) is 16.4 Å². The van der Waals surface area contributed by atoms with Gasteiger partial charge in [-0.05, 0) is 49.2 Å². The molecule has 0 aromatic heterocycles. The normalized spacial score (nSPS) is 10.1. The van der Waals surface area contributed by atoms with E-state index in [-0.39, 0.29) is 19.1 Å². The van der Waals surface area contributed by atoms with Crippen LogP contribution in [-0.2, 0) is 14.3 Å². The molecule has 0 spiro atoms. The van der Waals surface area contributed by atoms with Gasteiger partial charge in [-0.3, -0.25) is 9.59 Å². The molecule has 0 saturated heterocycles. The van der Waals surface area contributed by atoms with Gasteiger partial charge in [0, 0.05) is 16.4 Å². The Morgan fingerprint density at radius 2 is 1.88 bits per heavy atom. The minimum Gasteiger partial charge on any atom is -0.454 e. The Morgan fingerprint density at radius 3 is 2.62 bits per heavy atom. The third-order valence-electron chi connectivity index (χ3n) is 3.50. The topological polar surface area (TPSA) is 67.4 Å². The minimum absolute atomic E-state index is 0.0445. The number of carbonyl (C=O) groups excluding carboxylic acids is 2. The summed E-state index contributed by atoms with van der Waals surface area (Å²) in [4.78, 5) is 23.6. The SMILES string of the molecule is Cc1cccc(NC(=O)COC(=O)CNc2cccc(Cl)c2)c1C. The van der Waals surface area contributed by atoms with Crippen LogP contribution >= 0.6 is 11.6 Å². The van der Waals surface area contributed by atoms with Crippen LogP contribution in [0.2, 0.25) is 5.02 Å². The lowest BCUT2D eigenvalue weighted by Gasteiger charge is -2.11. The number of rotatable bonds is 6. The first-order valence-corrected chi connectivity index (χ1v) is 7.84. The van der Waals surface area contributed by atoms with Gasteiger partial charge in [0.2, 0.25) is 0 Å². The molecule has 2 aromatic rings. The Hall–Kier alpha value is -2.53. The summed E-state index contributed by atoms with van der Waals surface area (Å²) in [5.74, 6) is -0.897. The number of hydrogen-bond acceptors (Lipinski definition) is 4. The standard InChI is InChI=1S/C18H19ClN2O3/c1-12-5-3-8-16(13(12)2)21-17(22)11-24-18(23)10-20-15-7-4-6-14(19)9-15/h3-9,20H,10-11H2,1-2H3,(H,21,22). The number of halogens is 1. The highest BCUT2D eigenvalue weighted by atomic mass is 35.5. The van der Waals surface area contributed by atoms with Crippen LogP contribution in [0.15, 0.2) is 42.5 Å². The van der Waals surface area contributed by atoms with E-state index in [0.717, 1.165) is 11.1 Å². The van der Waals surface area contributed by atoms with Crippen LogP contribution in [0.4, 0.5) is 11.4 Å². The Balaban J connectivity index is 1.77. The summed E-state index contributed by atoms with van der Waals surface area (Å²) in [6.45, 7) is 3.51. The number of ether oxygens (including phenoxy) is 1. The molecular weight excluding hydrogens is 328 g/mol.